The molecule has 1 aromatic heterocycles. The Balaban J connectivity index is 0.000000447. The van der Waals surface area contributed by atoms with Crippen LogP contribution in [-0.4, -0.2) is 24.3 Å². The molecule has 9 heteroatoms. The molecule has 0 aliphatic carbocycles. The van der Waals surface area contributed by atoms with Gasteiger partial charge in [0.2, 0.25) is 0 Å². The lowest BCUT2D eigenvalue weighted by Crippen LogP contribution is -2.49. The topological polar surface area (TPSA) is 73.4 Å². The van der Waals surface area contributed by atoms with Gasteiger partial charge >= 0.3 is 11.3 Å². The smallest absolute Gasteiger partial charge is 0.485 e. The molecule has 0 N–H and O–H groups in total. The molecule has 5 nitrogen and oxygen atoms in total. The average molecular weight is 430 g/mol. The standard InChI is InChI=1S/C19H25N2.CHF3O3S/c1-14-12-15(2)17(16(3)13-14)20-18(19(4,5)6)21-10-8-7-9-11-21;2-1(3,4)8(5,6)7/h7-13H,1-6H3;(H,5,6,7)/q+1;/p-1. The highest BCUT2D eigenvalue weighted by molar-refractivity contribution is 7.86. The van der Waals surface area contributed by atoms with Gasteiger partial charge in [-0.05, 0) is 58.7 Å². The molecule has 0 fully saturated rings. The maximum Gasteiger partial charge on any atom is 0.485 e. The van der Waals surface area contributed by atoms with Crippen molar-refractivity contribution in [2.45, 2.75) is 47.1 Å². The number of aromatic nitrogens is 1. The second-order valence-electron chi connectivity index (χ2n) is 7.62. The van der Waals surface area contributed by atoms with E-state index in [2.05, 4.69) is 70.6 Å². The van der Waals surface area contributed by atoms with Crippen LogP contribution in [0.5, 0.6) is 0 Å². The summed E-state index contributed by atoms with van der Waals surface area (Å²) in [5.74, 6) is 1.05. The number of halogens is 3. The molecular formula is C20H25F3N2O3S. The largest absolute Gasteiger partial charge is 0.741 e. The van der Waals surface area contributed by atoms with E-state index in [1.54, 1.807) is 0 Å². The Bertz CT molecular complexity index is 955. The van der Waals surface area contributed by atoms with Gasteiger partial charge in [0.05, 0.1) is 17.8 Å². The van der Waals surface area contributed by atoms with Crippen LogP contribution in [0, 0.1) is 26.2 Å². The first-order valence-electron chi connectivity index (χ1n) is 8.70. The third-order valence-corrected chi connectivity index (χ3v) is 4.33. The number of rotatable bonds is 1. The van der Waals surface area contributed by atoms with E-state index in [9.17, 15) is 13.2 Å². The van der Waals surface area contributed by atoms with Crippen LogP contribution in [0.1, 0.15) is 37.5 Å². The van der Waals surface area contributed by atoms with Gasteiger partial charge in [-0.2, -0.15) is 13.2 Å². The number of aryl methyl sites for hydroxylation is 3. The normalized spacial score (nSPS) is 13.0. The number of hydrogen-bond acceptors (Lipinski definition) is 4. The Labute approximate surface area is 169 Å². The van der Waals surface area contributed by atoms with Gasteiger partial charge in [0.15, 0.2) is 15.8 Å². The molecular weight excluding hydrogens is 405 g/mol. The number of benzene rings is 1. The SMILES string of the molecule is Cc1cc(C)c(N=C([n+]2ccccc2)C(C)(C)C)c(C)c1.O=S(=O)([O-])C(F)(F)F. The lowest BCUT2D eigenvalue weighted by Gasteiger charge is -2.15. The van der Waals surface area contributed by atoms with Gasteiger partial charge in [0, 0.05) is 11.1 Å². The molecule has 0 radical (unpaired) electrons. The molecule has 0 atom stereocenters. The molecule has 0 spiro atoms. The van der Waals surface area contributed by atoms with Crippen molar-refractivity contribution >= 4 is 21.6 Å². The van der Waals surface area contributed by atoms with Gasteiger partial charge in [0.1, 0.15) is 0 Å². The third kappa shape index (κ3) is 7.25. The summed E-state index contributed by atoms with van der Waals surface area (Å²) in [5, 5.41) is 0. The minimum Gasteiger partial charge on any atom is -0.741 e. The number of nitrogens with zero attached hydrogens (tertiary/aromatic N) is 2. The summed E-state index contributed by atoms with van der Waals surface area (Å²) in [6, 6.07) is 10.5. The molecule has 2 aromatic rings. The summed E-state index contributed by atoms with van der Waals surface area (Å²) >= 11 is 0. The van der Waals surface area contributed by atoms with Gasteiger partial charge < -0.3 is 4.55 Å². The Kier molecular flexibility index (Phi) is 7.73. The first-order chi connectivity index (χ1) is 13.0. The highest BCUT2D eigenvalue weighted by Gasteiger charge is 2.37. The molecule has 1 aromatic carbocycles. The Morgan fingerprint density at radius 3 is 1.72 bits per heavy atom. The summed E-state index contributed by atoms with van der Waals surface area (Å²) in [6.45, 7) is 13.0. The molecule has 160 valence electrons. The van der Waals surface area contributed by atoms with Gasteiger partial charge in [-0.25, -0.2) is 13.0 Å². The molecule has 0 aliphatic rings. The zero-order valence-electron chi connectivity index (χ0n) is 17.2. The first-order valence-corrected chi connectivity index (χ1v) is 10.1. The fourth-order valence-corrected chi connectivity index (χ4v) is 2.61. The summed E-state index contributed by atoms with van der Waals surface area (Å²) in [6.07, 6.45) is 4.12. The van der Waals surface area contributed by atoms with Crippen LogP contribution in [0.15, 0.2) is 47.7 Å². The quantitative estimate of drug-likeness (QED) is 0.219. The fraction of sp³-hybridized carbons (Fsp3) is 0.400. The van der Waals surface area contributed by atoms with Crippen LogP contribution in [0.3, 0.4) is 0 Å². The average Bonchev–Trinajstić information content (AvgIpc) is 2.52. The molecule has 0 aliphatic heterocycles. The van der Waals surface area contributed by atoms with Crippen molar-refractivity contribution in [3.8, 4) is 0 Å². The van der Waals surface area contributed by atoms with Crippen molar-refractivity contribution in [1.82, 2.24) is 0 Å². The molecule has 29 heavy (non-hydrogen) atoms. The Morgan fingerprint density at radius 1 is 0.966 bits per heavy atom. The van der Waals surface area contributed by atoms with Gasteiger partial charge in [-0.1, -0.05) is 23.8 Å². The van der Waals surface area contributed by atoms with E-state index in [0.29, 0.717) is 0 Å². The van der Waals surface area contributed by atoms with Gasteiger partial charge in [0.25, 0.3) is 0 Å². The zero-order chi connectivity index (χ0) is 22.6. The molecule has 1 heterocycles. The van der Waals surface area contributed by atoms with E-state index in [1.807, 2.05) is 18.2 Å². The van der Waals surface area contributed by atoms with Crippen LogP contribution in [0.25, 0.3) is 0 Å². The lowest BCUT2D eigenvalue weighted by atomic mass is 9.94. The number of hydrogen-bond donors (Lipinski definition) is 0. The van der Waals surface area contributed by atoms with Crippen molar-refractivity contribution in [3.05, 3.63) is 59.4 Å². The molecule has 0 unspecified atom stereocenters. The summed E-state index contributed by atoms with van der Waals surface area (Å²) in [4.78, 5) is 5.02. The molecule has 0 saturated carbocycles. The van der Waals surface area contributed by atoms with Gasteiger partial charge in [-0.15, -0.1) is 0 Å². The van der Waals surface area contributed by atoms with Gasteiger partial charge in [-0.3, -0.25) is 0 Å². The Morgan fingerprint density at radius 2 is 1.38 bits per heavy atom. The van der Waals surface area contributed by atoms with Crippen molar-refractivity contribution in [3.63, 3.8) is 0 Å². The number of aliphatic imine (C=N–C) groups is 1. The van der Waals surface area contributed by atoms with E-state index in [1.165, 1.54) is 16.7 Å². The Hall–Kier alpha value is -2.26. The maximum atomic E-state index is 10.7. The molecule has 0 amide bonds. The second kappa shape index (κ2) is 9.04. The number of pyridine rings is 1. The highest BCUT2D eigenvalue weighted by Crippen LogP contribution is 2.27. The minimum atomic E-state index is -6.09. The first kappa shape index (κ1) is 24.8. The van der Waals surface area contributed by atoms with Crippen molar-refractivity contribution in [2.75, 3.05) is 0 Å². The van der Waals surface area contributed by atoms with Crippen LogP contribution in [0.4, 0.5) is 18.9 Å². The van der Waals surface area contributed by atoms with Crippen molar-refractivity contribution in [1.29, 1.82) is 0 Å². The lowest BCUT2D eigenvalue weighted by molar-refractivity contribution is -0.562. The van der Waals surface area contributed by atoms with Crippen LogP contribution in [0.2, 0.25) is 0 Å². The number of alkyl halides is 3. The molecule has 0 saturated heterocycles. The summed E-state index contributed by atoms with van der Waals surface area (Å²) in [7, 11) is -6.09. The monoisotopic (exact) mass is 430 g/mol. The zero-order valence-corrected chi connectivity index (χ0v) is 18.0. The fourth-order valence-electron chi connectivity index (χ4n) is 2.61. The molecule has 0 bridgehead atoms. The van der Waals surface area contributed by atoms with Crippen LogP contribution < -0.4 is 4.57 Å². The van der Waals surface area contributed by atoms with E-state index in [-0.39, 0.29) is 5.41 Å². The van der Waals surface area contributed by atoms with E-state index >= 15 is 0 Å². The van der Waals surface area contributed by atoms with Crippen molar-refractivity contribution in [2.24, 2.45) is 10.4 Å². The highest BCUT2D eigenvalue weighted by atomic mass is 32.2. The maximum absolute atomic E-state index is 10.7. The molecule has 2 rings (SSSR count). The predicted octanol–water partition coefficient (Wildman–Crippen LogP) is 4.58. The predicted molar refractivity (Wildman–Crippen MR) is 105 cm³/mol. The van der Waals surface area contributed by atoms with E-state index in [4.69, 9.17) is 18.0 Å². The van der Waals surface area contributed by atoms with Crippen LogP contribution in [-0.2, 0) is 10.1 Å². The second-order valence-corrected chi connectivity index (χ2v) is 8.99. The summed E-state index contributed by atoms with van der Waals surface area (Å²) in [5.41, 5.74) is -0.852. The van der Waals surface area contributed by atoms with E-state index < -0.39 is 15.6 Å². The third-order valence-electron chi connectivity index (χ3n) is 3.77. The van der Waals surface area contributed by atoms with Crippen LogP contribution >= 0.6 is 0 Å². The van der Waals surface area contributed by atoms with Crippen molar-refractivity contribution < 1.29 is 30.7 Å². The summed E-state index contributed by atoms with van der Waals surface area (Å²) < 4.78 is 61.0. The van der Waals surface area contributed by atoms with E-state index in [0.717, 1.165) is 11.5 Å². The minimum absolute atomic E-state index is 0.0320.